The third-order valence-electron chi connectivity index (χ3n) is 2.73. The summed E-state index contributed by atoms with van der Waals surface area (Å²) in [5, 5.41) is 5.13. The maximum absolute atomic E-state index is 5.93. The van der Waals surface area contributed by atoms with Crippen LogP contribution in [-0.4, -0.2) is 33.9 Å². The summed E-state index contributed by atoms with van der Waals surface area (Å²) in [6.07, 6.45) is 3.09. The van der Waals surface area contributed by atoms with Gasteiger partial charge in [0.25, 0.3) is 0 Å². The molecular weight excluding hydrogens is 208 g/mol. The molecule has 2 rings (SSSR count). The molecule has 2 N–H and O–H groups in total. The van der Waals surface area contributed by atoms with Gasteiger partial charge in [-0.2, -0.15) is 16.9 Å². The van der Waals surface area contributed by atoms with Gasteiger partial charge in [0, 0.05) is 37.3 Å². The lowest BCUT2D eigenvalue weighted by Gasteiger charge is -2.32. The molecule has 1 unspecified atom stereocenters. The van der Waals surface area contributed by atoms with Crippen molar-refractivity contribution in [3.05, 3.63) is 6.20 Å². The Balaban J connectivity index is 2.13. The highest BCUT2D eigenvalue weighted by Gasteiger charge is 2.22. The number of nitrogen functional groups attached to an aromatic ring is 1. The molecule has 0 bridgehead atoms. The first-order valence-electron chi connectivity index (χ1n) is 5.36. The van der Waals surface area contributed by atoms with E-state index in [1.54, 1.807) is 4.68 Å². The number of rotatable bonds is 2. The van der Waals surface area contributed by atoms with Gasteiger partial charge in [-0.25, -0.2) is 0 Å². The molecule has 5 heteroatoms. The number of aromatic nitrogens is 2. The van der Waals surface area contributed by atoms with Crippen LogP contribution < -0.4 is 10.6 Å². The van der Waals surface area contributed by atoms with E-state index in [1.165, 1.54) is 12.2 Å². The summed E-state index contributed by atoms with van der Waals surface area (Å²) in [5.74, 6) is 2.13. The van der Waals surface area contributed by atoms with Crippen molar-refractivity contribution in [3.63, 3.8) is 0 Å². The number of thioether (sulfide) groups is 1. The van der Waals surface area contributed by atoms with Gasteiger partial charge in [-0.05, 0) is 6.42 Å². The third-order valence-corrected chi connectivity index (χ3v) is 4.10. The number of nitrogens with zero attached hydrogens (tertiary/aromatic N) is 3. The van der Waals surface area contributed by atoms with E-state index in [0.717, 1.165) is 29.8 Å². The van der Waals surface area contributed by atoms with Gasteiger partial charge in [-0.1, -0.05) is 6.92 Å². The van der Waals surface area contributed by atoms with Gasteiger partial charge in [0.05, 0.1) is 5.69 Å². The van der Waals surface area contributed by atoms with Gasteiger partial charge in [-0.3, -0.25) is 4.68 Å². The first-order chi connectivity index (χ1) is 7.20. The van der Waals surface area contributed by atoms with E-state index in [4.69, 9.17) is 5.73 Å². The molecule has 1 fully saturated rings. The van der Waals surface area contributed by atoms with Crippen molar-refractivity contribution in [2.45, 2.75) is 18.6 Å². The molecule has 0 spiro atoms. The van der Waals surface area contributed by atoms with Crippen LogP contribution in [0.1, 0.15) is 13.3 Å². The monoisotopic (exact) mass is 226 g/mol. The van der Waals surface area contributed by atoms with E-state index < -0.39 is 0 Å². The Morgan fingerprint density at radius 3 is 3.07 bits per heavy atom. The van der Waals surface area contributed by atoms with Crippen molar-refractivity contribution >= 4 is 23.3 Å². The average Bonchev–Trinajstić information content (AvgIpc) is 2.58. The zero-order valence-corrected chi connectivity index (χ0v) is 10.1. The van der Waals surface area contributed by atoms with E-state index in [2.05, 4.69) is 28.7 Å². The Kier molecular flexibility index (Phi) is 3.09. The minimum Gasteiger partial charge on any atom is -0.394 e. The molecule has 84 valence electrons. The molecule has 1 aromatic rings. The maximum Gasteiger partial charge on any atom is 0.173 e. The fraction of sp³-hybridized carbons (Fsp3) is 0.700. The Morgan fingerprint density at radius 2 is 2.47 bits per heavy atom. The van der Waals surface area contributed by atoms with Crippen LogP contribution in [0.5, 0.6) is 0 Å². The van der Waals surface area contributed by atoms with Crippen LogP contribution in [-0.2, 0) is 7.05 Å². The first kappa shape index (κ1) is 10.7. The molecule has 4 nitrogen and oxygen atoms in total. The molecule has 15 heavy (non-hydrogen) atoms. The molecular formula is C10H18N4S. The topological polar surface area (TPSA) is 47.1 Å². The molecule has 0 amide bonds. The minimum atomic E-state index is 0.722. The van der Waals surface area contributed by atoms with Crippen LogP contribution in [0, 0.1) is 0 Å². The predicted octanol–water partition coefficient (Wildman–Crippen LogP) is 1.33. The summed E-state index contributed by atoms with van der Waals surface area (Å²) in [7, 11) is 1.91. The summed E-state index contributed by atoms with van der Waals surface area (Å²) in [5.41, 5.74) is 6.72. The summed E-state index contributed by atoms with van der Waals surface area (Å²) in [4.78, 5) is 2.31. The molecule has 1 aliphatic heterocycles. The van der Waals surface area contributed by atoms with Gasteiger partial charge >= 0.3 is 0 Å². The van der Waals surface area contributed by atoms with Gasteiger partial charge in [0.2, 0.25) is 0 Å². The molecule has 0 aliphatic carbocycles. The second-order valence-corrected chi connectivity index (χ2v) is 5.34. The smallest absolute Gasteiger partial charge is 0.173 e. The maximum atomic E-state index is 5.93. The van der Waals surface area contributed by atoms with Crippen LogP contribution >= 0.6 is 11.8 Å². The van der Waals surface area contributed by atoms with Crippen LogP contribution in [0.2, 0.25) is 0 Å². The number of anilines is 2. The highest BCUT2D eigenvalue weighted by Crippen LogP contribution is 2.27. The van der Waals surface area contributed by atoms with Crippen molar-refractivity contribution in [2.24, 2.45) is 7.05 Å². The Morgan fingerprint density at radius 1 is 1.67 bits per heavy atom. The van der Waals surface area contributed by atoms with Gasteiger partial charge in [0.15, 0.2) is 5.82 Å². The summed E-state index contributed by atoms with van der Waals surface area (Å²) < 4.78 is 1.79. The van der Waals surface area contributed by atoms with Crippen LogP contribution in [0.3, 0.4) is 0 Å². The fourth-order valence-corrected chi connectivity index (χ4v) is 3.08. The van der Waals surface area contributed by atoms with Gasteiger partial charge < -0.3 is 10.6 Å². The largest absolute Gasteiger partial charge is 0.394 e. The average molecular weight is 226 g/mol. The normalized spacial score (nSPS) is 22.0. The molecule has 1 atom stereocenters. The van der Waals surface area contributed by atoms with E-state index in [9.17, 15) is 0 Å². The van der Waals surface area contributed by atoms with E-state index in [0.29, 0.717) is 0 Å². The van der Waals surface area contributed by atoms with Crippen molar-refractivity contribution in [2.75, 3.05) is 29.5 Å². The van der Waals surface area contributed by atoms with Crippen molar-refractivity contribution in [3.8, 4) is 0 Å². The summed E-state index contributed by atoms with van der Waals surface area (Å²) >= 11 is 2.06. The lowest BCUT2D eigenvalue weighted by molar-refractivity contribution is 0.698. The Labute approximate surface area is 94.8 Å². The van der Waals surface area contributed by atoms with Crippen molar-refractivity contribution in [1.29, 1.82) is 0 Å². The number of hydrogen-bond donors (Lipinski definition) is 1. The number of nitrogens with two attached hydrogens (primary N) is 1. The Bertz CT molecular complexity index is 336. The molecule has 2 heterocycles. The Hall–Kier alpha value is -0.840. The van der Waals surface area contributed by atoms with Crippen LogP contribution in [0.15, 0.2) is 6.20 Å². The second-order valence-electron chi connectivity index (χ2n) is 3.93. The molecule has 1 aromatic heterocycles. The lowest BCUT2D eigenvalue weighted by Crippen LogP contribution is -2.38. The second kappa shape index (κ2) is 4.35. The highest BCUT2D eigenvalue weighted by atomic mass is 32.2. The molecule has 1 saturated heterocycles. The van der Waals surface area contributed by atoms with Gasteiger partial charge in [-0.15, -0.1) is 0 Å². The molecule has 0 saturated carbocycles. The number of hydrogen-bond acceptors (Lipinski definition) is 4. The van der Waals surface area contributed by atoms with E-state index in [1.807, 2.05) is 13.2 Å². The quantitative estimate of drug-likeness (QED) is 0.826. The zero-order chi connectivity index (χ0) is 10.8. The van der Waals surface area contributed by atoms with Crippen molar-refractivity contribution < 1.29 is 0 Å². The van der Waals surface area contributed by atoms with E-state index >= 15 is 0 Å². The predicted molar refractivity (Wildman–Crippen MR) is 66.4 cm³/mol. The first-order valence-corrected chi connectivity index (χ1v) is 6.41. The molecule has 0 aromatic carbocycles. The summed E-state index contributed by atoms with van der Waals surface area (Å²) in [6, 6.07) is 0. The van der Waals surface area contributed by atoms with Crippen LogP contribution in [0.25, 0.3) is 0 Å². The zero-order valence-electron chi connectivity index (χ0n) is 9.31. The minimum absolute atomic E-state index is 0.722. The van der Waals surface area contributed by atoms with Crippen LogP contribution in [0.4, 0.5) is 11.5 Å². The van der Waals surface area contributed by atoms with E-state index in [-0.39, 0.29) is 0 Å². The lowest BCUT2D eigenvalue weighted by atomic mass is 10.3. The fourth-order valence-electron chi connectivity index (χ4n) is 1.90. The third kappa shape index (κ3) is 2.22. The highest BCUT2D eigenvalue weighted by molar-refractivity contribution is 8.00. The van der Waals surface area contributed by atoms with Crippen molar-refractivity contribution in [1.82, 2.24) is 9.78 Å². The van der Waals surface area contributed by atoms with Gasteiger partial charge in [0.1, 0.15) is 0 Å². The SMILES string of the molecule is CCC1CN(c2nn(C)cc2N)CCS1. The number of aryl methyl sites for hydroxylation is 1. The molecule has 0 radical (unpaired) electrons. The molecule has 1 aliphatic rings. The summed E-state index contributed by atoms with van der Waals surface area (Å²) in [6.45, 7) is 4.37. The standard InChI is InChI=1S/C10H18N4S/c1-3-8-6-14(4-5-15-8)10-9(11)7-13(2)12-10/h7-8H,3-6,11H2,1-2H3.